The molecule has 0 aliphatic heterocycles. The average molecular weight is 270 g/mol. The second-order valence-electron chi connectivity index (χ2n) is 4.26. The molecule has 0 radical (unpaired) electrons. The minimum atomic E-state index is -2.96. The van der Waals surface area contributed by atoms with Gasteiger partial charge in [0.05, 0.1) is 6.61 Å². The summed E-state index contributed by atoms with van der Waals surface area (Å²) in [4.78, 5) is 4.54. The Morgan fingerprint density at radius 3 is 3.00 bits per heavy atom. The van der Waals surface area contributed by atoms with Crippen LogP contribution < -0.4 is 0 Å². The van der Waals surface area contributed by atoms with Gasteiger partial charge in [0.15, 0.2) is 0 Å². The smallest absolute Gasteiger partial charge is 0.345 e. The normalized spacial score (nSPS) is 14.2. The van der Waals surface area contributed by atoms with Gasteiger partial charge in [0.2, 0.25) is 0 Å². The third kappa shape index (κ3) is 4.01. The summed E-state index contributed by atoms with van der Waals surface area (Å²) in [7, 11) is 1.56. The van der Waals surface area contributed by atoms with Crippen LogP contribution in [0.4, 0.5) is 8.78 Å². The lowest BCUT2D eigenvalue weighted by atomic mass is 10.1. The maximum atomic E-state index is 12.0. The van der Waals surface area contributed by atoms with Crippen molar-refractivity contribution in [2.24, 2.45) is 0 Å². The number of hydrogen-bond acceptors (Lipinski definition) is 2. The van der Waals surface area contributed by atoms with Crippen LogP contribution in [0.5, 0.6) is 0 Å². The van der Waals surface area contributed by atoms with Crippen molar-refractivity contribution in [1.82, 2.24) is 9.88 Å². The van der Waals surface area contributed by atoms with E-state index in [0.717, 1.165) is 16.5 Å². The quantitative estimate of drug-likeness (QED) is 0.838. The molecule has 1 aromatic heterocycles. The summed E-state index contributed by atoms with van der Waals surface area (Å²) in [6.45, 7) is -5.14. The number of benzene rings is 1. The molecule has 0 saturated carbocycles. The standard InChI is InChI=1S/C14H18F2N2O/c1-18(8-9-19-14(15)16)7-6-11-10-17-13-5-3-2-4-12(11)13/h2-5,10,14,17H,6-9H2,1H3/i8D2. The van der Waals surface area contributed by atoms with Gasteiger partial charge in [-0.3, -0.25) is 0 Å². The van der Waals surface area contributed by atoms with Crippen molar-refractivity contribution in [3.8, 4) is 0 Å². The summed E-state index contributed by atoms with van der Waals surface area (Å²) in [5.74, 6) is 0. The molecule has 0 aliphatic carbocycles. The highest BCUT2D eigenvalue weighted by Crippen LogP contribution is 2.18. The summed E-state index contributed by atoms with van der Waals surface area (Å²) < 4.78 is 43.6. The van der Waals surface area contributed by atoms with Crippen molar-refractivity contribution < 1.29 is 16.3 Å². The predicted octanol–water partition coefficient (Wildman–Crippen LogP) is 2.88. The van der Waals surface area contributed by atoms with E-state index >= 15 is 0 Å². The van der Waals surface area contributed by atoms with Crippen LogP contribution in [-0.4, -0.2) is 43.2 Å². The highest BCUT2D eigenvalue weighted by molar-refractivity contribution is 5.83. The molecular formula is C14H18F2N2O. The molecule has 0 unspecified atom stereocenters. The molecule has 0 spiro atoms. The van der Waals surface area contributed by atoms with Crippen LogP contribution in [0.15, 0.2) is 30.5 Å². The number of hydrogen-bond donors (Lipinski definition) is 1. The van der Waals surface area contributed by atoms with Crippen LogP contribution in [0.1, 0.15) is 8.30 Å². The summed E-state index contributed by atoms with van der Waals surface area (Å²) >= 11 is 0. The molecule has 1 aromatic carbocycles. The number of halogens is 2. The van der Waals surface area contributed by atoms with Gasteiger partial charge in [0.25, 0.3) is 0 Å². The molecule has 0 atom stereocenters. The van der Waals surface area contributed by atoms with Crippen LogP contribution in [-0.2, 0) is 11.2 Å². The third-order valence-corrected chi connectivity index (χ3v) is 2.94. The number of aromatic amines is 1. The number of fused-ring (bicyclic) bond motifs is 1. The van der Waals surface area contributed by atoms with Crippen molar-refractivity contribution in [1.29, 1.82) is 0 Å². The SMILES string of the molecule is [2H]C([2H])(COC(F)F)N(C)CCc1c[nH]c2ccccc12. The predicted molar refractivity (Wildman–Crippen MR) is 71.5 cm³/mol. The van der Waals surface area contributed by atoms with Gasteiger partial charge in [-0.15, -0.1) is 0 Å². The topological polar surface area (TPSA) is 28.3 Å². The van der Waals surface area contributed by atoms with Crippen LogP contribution >= 0.6 is 0 Å². The summed E-state index contributed by atoms with van der Waals surface area (Å²) in [5, 5.41) is 1.09. The number of aromatic nitrogens is 1. The average Bonchev–Trinajstić information content (AvgIpc) is 2.86. The first-order valence-corrected chi connectivity index (χ1v) is 6.06. The molecule has 2 aromatic rings. The van der Waals surface area contributed by atoms with Crippen LogP contribution in [0, 0.1) is 0 Å². The van der Waals surface area contributed by atoms with E-state index in [1.54, 1.807) is 7.05 Å². The molecule has 0 amide bonds. The number of ether oxygens (including phenoxy) is 1. The van der Waals surface area contributed by atoms with Gasteiger partial charge in [-0.25, -0.2) is 0 Å². The number of nitrogens with one attached hydrogen (secondary N) is 1. The Balaban J connectivity index is 1.95. The second-order valence-corrected chi connectivity index (χ2v) is 4.26. The van der Waals surface area contributed by atoms with E-state index in [-0.39, 0.29) is 0 Å². The lowest BCUT2D eigenvalue weighted by molar-refractivity contribution is -0.131. The molecule has 3 nitrogen and oxygen atoms in total. The molecule has 1 heterocycles. The lowest BCUT2D eigenvalue weighted by Gasteiger charge is -2.16. The van der Waals surface area contributed by atoms with E-state index in [4.69, 9.17) is 2.74 Å². The summed E-state index contributed by atoms with van der Waals surface area (Å²) in [5.41, 5.74) is 2.10. The molecule has 1 N–H and O–H groups in total. The van der Waals surface area contributed by atoms with Crippen LogP contribution in [0.25, 0.3) is 10.9 Å². The van der Waals surface area contributed by atoms with Crippen molar-refractivity contribution in [3.05, 3.63) is 36.0 Å². The zero-order valence-electron chi connectivity index (χ0n) is 12.7. The van der Waals surface area contributed by atoms with Gasteiger partial charge in [-0.05, 0) is 25.1 Å². The molecule has 104 valence electrons. The Morgan fingerprint density at radius 1 is 1.42 bits per heavy atom. The first-order chi connectivity index (χ1) is 9.90. The Kier molecular flexibility index (Phi) is 3.97. The molecule has 5 heteroatoms. The fraction of sp³-hybridized carbons (Fsp3) is 0.429. The fourth-order valence-corrected chi connectivity index (χ4v) is 1.92. The number of likely N-dealkylation sites (N-methyl/N-ethyl adjacent to an activating group) is 1. The lowest BCUT2D eigenvalue weighted by Crippen LogP contribution is -2.26. The van der Waals surface area contributed by atoms with Gasteiger partial charge in [0.1, 0.15) is 0 Å². The second kappa shape index (κ2) is 6.63. The first kappa shape index (κ1) is 11.4. The van der Waals surface area contributed by atoms with Crippen molar-refractivity contribution >= 4 is 10.9 Å². The number of alkyl halides is 2. The van der Waals surface area contributed by atoms with Crippen molar-refractivity contribution in [2.45, 2.75) is 13.0 Å². The number of nitrogens with zero attached hydrogens (tertiary/aromatic N) is 1. The third-order valence-electron chi connectivity index (χ3n) is 2.94. The van der Waals surface area contributed by atoms with Gasteiger partial charge in [0, 0.05) is 32.9 Å². The molecular weight excluding hydrogens is 250 g/mol. The van der Waals surface area contributed by atoms with Crippen LogP contribution in [0.2, 0.25) is 0 Å². The molecule has 2 rings (SSSR count). The van der Waals surface area contributed by atoms with E-state index < -0.39 is 19.7 Å². The van der Waals surface area contributed by atoms with E-state index in [2.05, 4.69) is 9.72 Å². The minimum Gasteiger partial charge on any atom is -0.361 e. The number of para-hydroxylation sites is 1. The monoisotopic (exact) mass is 270 g/mol. The zero-order valence-corrected chi connectivity index (χ0v) is 10.7. The summed E-state index contributed by atoms with van der Waals surface area (Å²) in [6, 6.07) is 7.85. The Morgan fingerprint density at radius 2 is 2.21 bits per heavy atom. The maximum Gasteiger partial charge on any atom is 0.345 e. The fourth-order valence-electron chi connectivity index (χ4n) is 1.92. The summed E-state index contributed by atoms with van der Waals surface area (Å²) in [6.07, 6.45) is 2.51. The molecule has 19 heavy (non-hydrogen) atoms. The van der Waals surface area contributed by atoms with E-state index in [0.29, 0.717) is 13.0 Å². The Hall–Kier alpha value is -1.46. The highest BCUT2D eigenvalue weighted by Gasteiger charge is 2.06. The van der Waals surface area contributed by atoms with Gasteiger partial charge >= 0.3 is 6.61 Å². The molecule has 0 bridgehead atoms. The largest absolute Gasteiger partial charge is 0.361 e. The maximum absolute atomic E-state index is 12.0. The molecule has 0 saturated heterocycles. The van der Waals surface area contributed by atoms with Gasteiger partial charge in [-0.2, -0.15) is 8.78 Å². The molecule has 0 fully saturated rings. The van der Waals surface area contributed by atoms with Crippen molar-refractivity contribution in [3.63, 3.8) is 0 Å². The number of rotatable bonds is 7. The molecule has 0 aliphatic rings. The number of H-pyrrole nitrogens is 1. The zero-order chi connectivity index (χ0) is 15.5. The first-order valence-electron chi connectivity index (χ1n) is 7.06. The van der Waals surface area contributed by atoms with Gasteiger partial charge in [-0.1, -0.05) is 18.2 Å². The Labute approximate surface area is 114 Å². The van der Waals surface area contributed by atoms with Gasteiger partial charge < -0.3 is 14.6 Å². The highest BCUT2D eigenvalue weighted by atomic mass is 19.3. The Bertz CT molecular complexity index is 589. The van der Waals surface area contributed by atoms with Crippen LogP contribution in [0.3, 0.4) is 0 Å². The minimum absolute atomic E-state index is 0.404. The van der Waals surface area contributed by atoms with Crippen molar-refractivity contribution in [2.75, 3.05) is 26.7 Å². The van der Waals surface area contributed by atoms with E-state index in [1.807, 2.05) is 30.5 Å². The van der Waals surface area contributed by atoms with E-state index in [9.17, 15) is 8.78 Å². The van der Waals surface area contributed by atoms with E-state index in [1.165, 1.54) is 4.90 Å².